The van der Waals surface area contributed by atoms with Crippen LogP contribution in [0.2, 0.25) is 0 Å². The van der Waals surface area contributed by atoms with Crippen LogP contribution in [0.1, 0.15) is 17.2 Å². The van der Waals surface area contributed by atoms with Crippen molar-refractivity contribution >= 4 is 0 Å². The summed E-state index contributed by atoms with van der Waals surface area (Å²) < 4.78 is 18.0. The van der Waals surface area contributed by atoms with E-state index in [1.54, 1.807) is 13.2 Å². The fraction of sp³-hybridized carbons (Fsp3) is 0.333. The maximum atomic E-state index is 12.9. The van der Waals surface area contributed by atoms with Gasteiger partial charge < -0.3 is 4.74 Å². The third kappa shape index (κ3) is 0.862. The van der Waals surface area contributed by atoms with Crippen LogP contribution < -0.4 is 0 Å². The van der Waals surface area contributed by atoms with E-state index in [-0.39, 0.29) is 11.9 Å². The molecule has 1 aliphatic rings. The molecular formula is C9H9FO. The van der Waals surface area contributed by atoms with Crippen LogP contribution in [0.4, 0.5) is 4.39 Å². The van der Waals surface area contributed by atoms with Crippen molar-refractivity contribution in [3.8, 4) is 0 Å². The molecule has 1 atom stereocenters. The van der Waals surface area contributed by atoms with Gasteiger partial charge >= 0.3 is 0 Å². The van der Waals surface area contributed by atoms with E-state index in [1.807, 2.05) is 6.07 Å². The number of ether oxygens (including phenoxy) is 1. The molecule has 0 spiro atoms. The summed E-state index contributed by atoms with van der Waals surface area (Å²) in [6.45, 7) is 0. The Bertz CT molecular complexity index is 283. The van der Waals surface area contributed by atoms with Crippen LogP contribution in [0.25, 0.3) is 0 Å². The number of fused-ring (bicyclic) bond motifs is 1. The highest BCUT2D eigenvalue weighted by molar-refractivity contribution is 5.39. The maximum Gasteiger partial charge on any atom is 0.126 e. The van der Waals surface area contributed by atoms with E-state index >= 15 is 0 Å². The Morgan fingerprint density at radius 3 is 3.09 bits per heavy atom. The molecule has 0 saturated carbocycles. The van der Waals surface area contributed by atoms with Gasteiger partial charge in [0, 0.05) is 13.5 Å². The summed E-state index contributed by atoms with van der Waals surface area (Å²) in [7, 11) is 1.65. The molecule has 0 fully saturated rings. The molecule has 0 heterocycles. The molecule has 0 bridgehead atoms. The van der Waals surface area contributed by atoms with Gasteiger partial charge in [0.1, 0.15) is 5.82 Å². The molecule has 1 aliphatic carbocycles. The van der Waals surface area contributed by atoms with Gasteiger partial charge in [-0.25, -0.2) is 4.39 Å². The van der Waals surface area contributed by atoms with Crippen molar-refractivity contribution in [2.24, 2.45) is 0 Å². The van der Waals surface area contributed by atoms with Crippen LogP contribution in [0, 0.1) is 5.82 Å². The molecule has 0 aliphatic heterocycles. The van der Waals surface area contributed by atoms with Crippen molar-refractivity contribution in [1.82, 2.24) is 0 Å². The van der Waals surface area contributed by atoms with Gasteiger partial charge in [0.05, 0.1) is 6.10 Å². The Balaban J connectivity index is 2.41. The Labute approximate surface area is 64.8 Å². The highest BCUT2D eigenvalue weighted by atomic mass is 19.1. The molecule has 2 heteroatoms. The topological polar surface area (TPSA) is 9.23 Å². The Morgan fingerprint density at radius 2 is 2.36 bits per heavy atom. The minimum atomic E-state index is -0.101. The monoisotopic (exact) mass is 152 g/mol. The molecule has 11 heavy (non-hydrogen) atoms. The van der Waals surface area contributed by atoms with Gasteiger partial charge in [-0.2, -0.15) is 0 Å². The van der Waals surface area contributed by atoms with Crippen LogP contribution in [0.15, 0.2) is 18.2 Å². The van der Waals surface area contributed by atoms with Crippen LogP contribution in [0.5, 0.6) is 0 Å². The second-order valence-corrected chi connectivity index (χ2v) is 2.74. The Hall–Kier alpha value is -0.890. The van der Waals surface area contributed by atoms with Crippen molar-refractivity contribution < 1.29 is 9.13 Å². The fourth-order valence-electron chi connectivity index (χ4n) is 1.47. The van der Waals surface area contributed by atoms with Gasteiger partial charge in [0.25, 0.3) is 0 Å². The lowest BCUT2D eigenvalue weighted by atomic mass is 9.85. The predicted molar refractivity (Wildman–Crippen MR) is 39.9 cm³/mol. The van der Waals surface area contributed by atoms with E-state index in [0.717, 1.165) is 17.5 Å². The van der Waals surface area contributed by atoms with Crippen molar-refractivity contribution in [1.29, 1.82) is 0 Å². The minimum absolute atomic E-state index is 0.101. The number of benzene rings is 1. The molecule has 0 aromatic heterocycles. The molecule has 0 amide bonds. The zero-order valence-electron chi connectivity index (χ0n) is 6.30. The molecule has 0 N–H and O–H groups in total. The molecule has 58 valence electrons. The third-order valence-electron chi connectivity index (χ3n) is 2.18. The number of rotatable bonds is 1. The normalized spacial score (nSPS) is 20.7. The molecule has 0 radical (unpaired) electrons. The average molecular weight is 152 g/mol. The average Bonchev–Trinajstić information content (AvgIpc) is 1.95. The highest BCUT2D eigenvalue weighted by Crippen LogP contribution is 2.36. The Morgan fingerprint density at radius 1 is 1.55 bits per heavy atom. The fourth-order valence-corrected chi connectivity index (χ4v) is 1.47. The summed E-state index contributed by atoms with van der Waals surface area (Å²) in [4.78, 5) is 0. The first kappa shape index (κ1) is 6.80. The number of hydrogen-bond donors (Lipinski definition) is 0. The smallest absolute Gasteiger partial charge is 0.126 e. The van der Waals surface area contributed by atoms with Crippen LogP contribution in [-0.2, 0) is 11.2 Å². The summed E-state index contributed by atoms with van der Waals surface area (Å²) in [5, 5.41) is 0. The van der Waals surface area contributed by atoms with E-state index in [9.17, 15) is 4.39 Å². The molecule has 1 aromatic carbocycles. The summed E-state index contributed by atoms with van der Waals surface area (Å²) in [5.41, 5.74) is 1.83. The van der Waals surface area contributed by atoms with Crippen molar-refractivity contribution in [3.63, 3.8) is 0 Å². The summed E-state index contributed by atoms with van der Waals surface area (Å²) in [6.07, 6.45) is 0.846. The number of halogens is 1. The first-order valence-corrected chi connectivity index (χ1v) is 3.63. The second-order valence-electron chi connectivity index (χ2n) is 2.74. The largest absolute Gasteiger partial charge is 0.376 e. The zero-order valence-corrected chi connectivity index (χ0v) is 6.30. The van der Waals surface area contributed by atoms with E-state index in [4.69, 9.17) is 4.74 Å². The van der Waals surface area contributed by atoms with Crippen LogP contribution in [-0.4, -0.2) is 7.11 Å². The van der Waals surface area contributed by atoms with Crippen molar-refractivity contribution in [3.05, 3.63) is 35.1 Å². The van der Waals surface area contributed by atoms with Crippen LogP contribution >= 0.6 is 0 Å². The molecule has 1 aromatic rings. The number of methoxy groups -OCH3 is 1. The lowest BCUT2D eigenvalue weighted by Crippen LogP contribution is -2.20. The van der Waals surface area contributed by atoms with Gasteiger partial charge in [-0.15, -0.1) is 0 Å². The van der Waals surface area contributed by atoms with Gasteiger partial charge in [-0.1, -0.05) is 12.1 Å². The quantitative estimate of drug-likeness (QED) is 0.598. The van der Waals surface area contributed by atoms with Crippen LogP contribution in [0.3, 0.4) is 0 Å². The third-order valence-corrected chi connectivity index (χ3v) is 2.18. The van der Waals surface area contributed by atoms with E-state index in [1.165, 1.54) is 6.07 Å². The Kier molecular flexibility index (Phi) is 1.43. The van der Waals surface area contributed by atoms with Gasteiger partial charge in [0.2, 0.25) is 0 Å². The first-order chi connectivity index (χ1) is 5.33. The first-order valence-electron chi connectivity index (χ1n) is 3.63. The lowest BCUT2D eigenvalue weighted by Gasteiger charge is -2.28. The lowest BCUT2D eigenvalue weighted by molar-refractivity contribution is 0.0825. The maximum absolute atomic E-state index is 12.9. The summed E-state index contributed by atoms with van der Waals surface area (Å²) in [6, 6.07) is 5.13. The molecular weight excluding hydrogens is 143 g/mol. The standard InChI is InChI=1S/C9H9FO/c1-11-9-5-7-6(9)3-2-4-8(7)10/h2-4,9H,5H2,1H3. The summed E-state index contributed by atoms with van der Waals surface area (Å²) in [5.74, 6) is -0.101. The highest BCUT2D eigenvalue weighted by Gasteiger charge is 2.28. The molecule has 1 unspecified atom stereocenters. The van der Waals surface area contributed by atoms with E-state index < -0.39 is 0 Å². The molecule has 0 saturated heterocycles. The second kappa shape index (κ2) is 2.31. The van der Waals surface area contributed by atoms with Gasteiger partial charge in [-0.3, -0.25) is 0 Å². The molecule has 2 rings (SSSR count). The SMILES string of the molecule is COC1Cc2c(F)cccc21. The van der Waals surface area contributed by atoms with Gasteiger partial charge in [0.15, 0.2) is 0 Å². The van der Waals surface area contributed by atoms with E-state index in [2.05, 4.69) is 0 Å². The molecule has 1 nitrogen and oxygen atoms in total. The van der Waals surface area contributed by atoms with Gasteiger partial charge in [-0.05, 0) is 17.2 Å². The predicted octanol–water partition coefficient (Wildman–Crippen LogP) is 2.07. The van der Waals surface area contributed by atoms with E-state index in [0.29, 0.717) is 0 Å². The number of hydrogen-bond acceptors (Lipinski definition) is 1. The minimum Gasteiger partial charge on any atom is -0.376 e. The summed E-state index contributed by atoms with van der Waals surface area (Å²) >= 11 is 0. The van der Waals surface area contributed by atoms with Crippen molar-refractivity contribution in [2.45, 2.75) is 12.5 Å². The van der Waals surface area contributed by atoms with Crippen molar-refractivity contribution in [2.75, 3.05) is 7.11 Å². The zero-order chi connectivity index (χ0) is 7.84.